The zero-order valence-corrected chi connectivity index (χ0v) is 12.4. The molecule has 3 rings (SSSR count). The van der Waals surface area contributed by atoms with E-state index in [-0.39, 0.29) is 0 Å². The molecule has 1 aromatic carbocycles. The van der Waals surface area contributed by atoms with Gasteiger partial charge in [-0.3, -0.25) is 0 Å². The van der Waals surface area contributed by atoms with E-state index in [1.165, 1.54) is 21.6 Å². The summed E-state index contributed by atoms with van der Waals surface area (Å²) in [4.78, 5) is 1.32. The molecule has 0 atom stereocenters. The van der Waals surface area contributed by atoms with E-state index in [2.05, 4.69) is 13.8 Å². The number of hydrogen-bond acceptors (Lipinski definition) is 4. The molecule has 0 saturated carbocycles. The predicted octanol–water partition coefficient (Wildman–Crippen LogP) is 2.56. The molecular weight excluding hydrogens is 258 g/mol. The van der Waals surface area contributed by atoms with E-state index < -0.39 is 0 Å². The van der Waals surface area contributed by atoms with Crippen LogP contribution >= 0.6 is 11.8 Å². The smallest absolute Gasteiger partial charge is 0.137 e. The fraction of sp³-hybridized carbons (Fsp3) is 0.600. The lowest BCUT2D eigenvalue weighted by Crippen LogP contribution is -2.07. The maximum Gasteiger partial charge on any atom is 0.137 e. The number of benzene rings is 1. The second-order valence-corrected chi connectivity index (χ2v) is 6.91. The van der Waals surface area contributed by atoms with Crippen molar-refractivity contribution in [2.24, 2.45) is 5.73 Å². The number of fused-ring (bicyclic) bond motifs is 2. The lowest BCUT2D eigenvalue weighted by molar-refractivity contribution is 0.349. The van der Waals surface area contributed by atoms with Gasteiger partial charge in [0, 0.05) is 34.8 Å². The Morgan fingerprint density at radius 3 is 2.47 bits per heavy atom. The highest BCUT2D eigenvalue weighted by molar-refractivity contribution is 8.00. The Morgan fingerprint density at radius 1 is 1.11 bits per heavy atom. The molecule has 0 unspecified atom stereocenters. The van der Waals surface area contributed by atoms with Gasteiger partial charge in [0.2, 0.25) is 0 Å². The third kappa shape index (κ3) is 2.21. The summed E-state index contributed by atoms with van der Waals surface area (Å²) in [5.74, 6) is 2.23. The summed E-state index contributed by atoms with van der Waals surface area (Å²) >= 11 is 1.90. The third-order valence-electron chi connectivity index (χ3n) is 3.61. The summed E-state index contributed by atoms with van der Waals surface area (Å²) in [6.45, 7) is 6.70. The Hall–Kier alpha value is -0.870. The highest BCUT2D eigenvalue weighted by Gasteiger charge is 2.31. The number of nitrogens with two attached hydrogens (primary N) is 1. The van der Waals surface area contributed by atoms with Crippen molar-refractivity contribution in [3.8, 4) is 11.5 Å². The molecule has 19 heavy (non-hydrogen) atoms. The van der Waals surface area contributed by atoms with E-state index in [9.17, 15) is 0 Å². The quantitative estimate of drug-likeness (QED) is 0.860. The van der Waals surface area contributed by atoms with Gasteiger partial charge in [-0.15, -0.1) is 11.8 Å². The Bertz CT molecular complexity index is 464. The van der Waals surface area contributed by atoms with Crippen LogP contribution in [0.1, 0.15) is 30.5 Å². The van der Waals surface area contributed by atoms with Crippen molar-refractivity contribution in [1.82, 2.24) is 0 Å². The number of thioether (sulfide) groups is 1. The van der Waals surface area contributed by atoms with Crippen LogP contribution in [0.2, 0.25) is 0 Å². The summed E-state index contributed by atoms with van der Waals surface area (Å²) in [6, 6.07) is 0. The van der Waals surface area contributed by atoms with Crippen molar-refractivity contribution in [2.75, 3.05) is 19.8 Å². The number of ether oxygens (including phenoxy) is 2. The van der Waals surface area contributed by atoms with Crippen LogP contribution in [0.15, 0.2) is 4.90 Å². The van der Waals surface area contributed by atoms with E-state index in [1.54, 1.807) is 0 Å². The fourth-order valence-electron chi connectivity index (χ4n) is 2.93. The minimum atomic E-state index is 0.554. The molecule has 0 aliphatic carbocycles. The van der Waals surface area contributed by atoms with Crippen LogP contribution < -0.4 is 15.2 Å². The number of hydrogen-bond donors (Lipinski definition) is 1. The van der Waals surface area contributed by atoms with Crippen molar-refractivity contribution in [3.05, 3.63) is 16.7 Å². The second-order valence-electron chi connectivity index (χ2n) is 5.33. The molecule has 1 aromatic rings. The van der Waals surface area contributed by atoms with Crippen LogP contribution in [0, 0.1) is 0 Å². The van der Waals surface area contributed by atoms with Gasteiger partial charge in [-0.1, -0.05) is 13.8 Å². The number of rotatable bonds is 4. The van der Waals surface area contributed by atoms with Gasteiger partial charge in [0.1, 0.15) is 11.5 Å². The average molecular weight is 279 g/mol. The van der Waals surface area contributed by atoms with Crippen LogP contribution in [0.3, 0.4) is 0 Å². The molecule has 2 heterocycles. The Balaban J connectivity index is 2.16. The van der Waals surface area contributed by atoms with Gasteiger partial charge >= 0.3 is 0 Å². The first-order valence-electron chi connectivity index (χ1n) is 7.05. The SMILES string of the molecule is CC(C)Sc1c2c(c(CCN)c3c1OCC3)OCC2. The van der Waals surface area contributed by atoms with E-state index in [1.807, 2.05) is 11.8 Å². The van der Waals surface area contributed by atoms with E-state index in [0.717, 1.165) is 44.0 Å². The highest BCUT2D eigenvalue weighted by Crippen LogP contribution is 2.49. The minimum absolute atomic E-state index is 0.554. The molecule has 0 bridgehead atoms. The first-order valence-corrected chi connectivity index (χ1v) is 7.93. The average Bonchev–Trinajstić information content (AvgIpc) is 3.01. The first-order chi connectivity index (χ1) is 9.22. The molecule has 0 amide bonds. The molecule has 2 N–H and O–H groups in total. The van der Waals surface area contributed by atoms with Gasteiger partial charge < -0.3 is 15.2 Å². The Morgan fingerprint density at radius 2 is 1.79 bits per heavy atom. The lowest BCUT2D eigenvalue weighted by atomic mass is 9.97. The van der Waals surface area contributed by atoms with Crippen LogP contribution in [0.25, 0.3) is 0 Å². The normalized spacial score (nSPS) is 16.2. The van der Waals surface area contributed by atoms with Gasteiger partial charge in [0.05, 0.1) is 18.1 Å². The molecular formula is C15H21NO2S. The highest BCUT2D eigenvalue weighted by atomic mass is 32.2. The molecule has 2 aliphatic heterocycles. The largest absolute Gasteiger partial charge is 0.493 e. The predicted molar refractivity (Wildman–Crippen MR) is 78.6 cm³/mol. The molecule has 0 radical (unpaired) electrons. The summed E-state index contributed by atoms with van der Waals surface area (Å²) in [7, 11) is 0. The van der Waals surface area contributed by atoms with Gasteiger partial charge in [-0.25, -0.2) is 0 Å². The van der Waals surface area contributed by atoms with Crippen molar-refractivity contribution >= 4 is 11.8 Å². The summed E-state index contributed by atoms with van der Waals surface area (Å²) < 4.78 is 11.8. The van der Waals surface area contributed by atoms with Crippen molar-refractivity contribution in [1.29, 1.82) is 0 Å². The molecule has 2 aliphatic rings. The Labute approximate surface area is 118 Å². The molecule has 0 fully saturated rings. The second kappa shape index (κ2) is 5.25. The molecule has 4 heteroatoms. The zero-order valence-electron chi connectivity index (χ0n) is 11.6. The molecule has 0 saturated heterocycles. The topological polar surface area (TPSA) is 44.5 Å². The van der Waals surface area contributed by atoms with Crippen molar-refractivity contribution < 1.29 is 9.47 Å². The van der Waals surface area contributed by atoms with Crippen molar-refractivity contribution in [3.63, 3.8) is 0 Å². The van der Waals surface area contributed by atoms with E-state index in [4.69, 9.17) is 15.2 Å². The van der Waals surface area contributed by atoms with Crippen LogP contribution in [-0.2, 0) is 19.3 Å². The van der Waals surface area contributed by atoms with Crippen LogP contribution in [-0.4, -0.2) is 25.0 Å². The maximum atomic E-state index is 5.93. The molecule has 3 nitrogen and oxygen atoms in total. The zero-order chi connectivity index (χ0) is 13.4. The summed E-state index contributed by atoms with van der Waals surface area (Å²) in [6.07, 6.45) is 2.88. The standard InChI is InChI=1S/C15H21NO2S/c1-9(2)19-15-12-5-8-17-13(12)10(3-6-16)11-4-7-18-14(11)15/h9H,3-8,16H2,1-2H3. The maximum absolute atomic E-state index is 5.93. The minimum Gasteiger partial charge on any atom is -0.493 e. The molecule has 104 valence electrons. The van der Waals surface area contributed by atoms with Gasteiger partial charge in [-0.2, -0.15) is 0 Å². The van der Waals surface area contributed by atoms with E-state index >= 15 is 0 Å². The molecule has 0 spiro atoms. The fourth-order valence-corrected chi connectivity index (χ4v) is 4.03. The van der Waals surface area contributed by atoms with E-state index in [0.29, 0.717) is 11.8 Å². The monoisotopic (exact) mass is 279 g/mol. The van der Waals surface area contributed by atoms with Gasteiger partial charge in [0.25, 0.3) is 0 Å². The van der Waals surface area contributed by atoms with Gasteiger partial charge in [-0.05, 0) is 13.0 Å². The van der Waals surface area contributed by atoms with Crippen molar-refractivity contribution in [2.45, 2.75) is 43.3 Å². The first kappa shape index (κ1) is 13.1. The third-order valence-corrected chi connectivity index (χ3v) is 4.75. The Kier molecular flexibility index (Phi) is 3.63. The van der Waals surface area contributed by atoms with Gasteiger partial charge in [0.15, 0.2) is 0 Å². The summed E-state index contributed by atoms with van der Waals surface area (Å²) in [5.41, 5.74) is 9.76. The molecule has 0 aromatic heterocycles. The lowest BCUT2D eigenvalue weighted by Gasteiger charge is -2.18. The summed E-state index contributed by atoms with van der Waals surface area (Å²) in [5, 5.41) is 0.554. The van der Waals surface area contributed by atoms with Crippen LogP contribution in [0.5, 0.6) is 11.5 Å². The van der Waals surface area contributed by atoms with Crippen LogP contribution in [0.4, 0.5) is 0 Å².